The molecule has 0 unspecified atom stereocenters. The van der Waals surface area contributed by atoms with Gasteiger partial charge in [-0.25, -0.2) is 4.79 Å². The number of benzene rings is 1. The van der Waals surface area contributed by atoms with Gasteiger partial charge in [0.25, 0.3) is 5.91 Å². The third-order valence-electron chi connectivity index (χ3n) is 6.80. The summed E-state index contributed by atoms with van der Waals surface area (Å²) in [5.41, 5.74) is 7.90. The van der Waals surface area contributed by atoms with E-state index >= 15 is 0 Å². The first-order valence-electron chi connectivity index (χ1n) is 12.0. The second kappa shape index (κ2) is 10.9. The first-order valence-corrected chi connectivity index (χ1v) is 13.2. The molecule has 1 aromatic carbocycles. The van der Waals surface area contributed by atoms with Crippen LogP contribution in [0.2, 0.25) is 5.02 Å². The number of halogens is 1. The van der Waals surface area contributed by atoms with Crippen LogP contribution in [0.1, 0.15) is 72.7 Å². The first kappa shape index (κ1) is 24.0. The molecule has 1 aliphatic heterocycles. The smallest absolute Gasteiger partial charge is 0.324 e. The summed E-state index contributed by atoms with van der Waals surface area (Å²) in [7, 11) is 0. The molecule has 2 heterocycles. The van der Waals surface area contributed by atoms with Crippen LogP contribution in [0.3, 0.4) is 0 Å². The lowest BCUT2D eigenvalue weighted by Gasteiger charge is -2.39. The van der Waals surface area contributed by atoms with E-state index < -0.39 is 11.9 Å². The third-order valence-corrected chi connectivity index (χ3v) is 8.23. The Morgan fingerprint density at radius 1 is 1.15 bits per heavy atom. The molecule has 1 aliphatic carbocycles. The lowest BCUT2D eigenvalue weighted by molar-refractivity contribution is 0.0991. The number of urea groups is 1. The number of nitrogens with two attached hydrogens (primary N) is 1. The average Bonchev–Trinajstić information content (AvgIpc) is 3.13. The zero-order valence-corrected chi connectivity index (χ0v) is 20.7. The molecule has 0 bridgehead atoms. The van der Waals surface area contributed by atoms with Crippen molar-refractivity contribution in [1.29, 1.82) is 0 Å². The van der Waals surface area contributed by atoms with Crippen LogP contribution in [0.25, 0.3) is 0 Å². The Morgan fingerprint density at radius 3 is 2.55 bits per heavy atom. The molecule has 2 aromatic rings. The van der Waals surface area contributed by atoms with Crippen LogP contribution in [0, 0.1) is 5.92 Å². The molecule has 1 atom stereocenters. The average molecular weight is 489 g/mol. The Bertz CT molecular complexity index is 985. The van der Waals surface area contributed by atoms with Gasteiger partial charge in [-0.1, -0.05) is 44.2 Å². The van der Waals surface area contributed by atoms with Crippen molar-refractivity contribution in [3.63, 3.8) is 0 Å². The Kier molecular flexibility index (Phi) is 7.94. The van der Waals surface area contributed by atoms with Crippen molar-refractivity contribution >= 4 is 45.6 Å². The van der Waals surface area contributed by atoms with E-state index in [0.29, 0.717) is 27.3 Å². The zero-order chi connectivity index (χ0) is 23.4. The third kappa shape index (κ3) is 5.89. The van der Waals surface area contributed by atoms with Crippen LogP contribution in [-0.4, -0.2) is 29.4 Å². The number of anilines is 2. The van der Waals surface area contributed by atoms with E-state index in [1.54, 1.807) is 24.3 Å². The van der Waals surface area contributed by atoms with Crippen LogP contribution < -0.4 is 16.4 Å². The van der Waals surface area contributed by atoms with Crippen LogP contribution >= 0.6 is 22.9 Å². The quantitative estimate of drug-likeness (QED) is 0.430. The molecule has 33 heavy (non-hydrogen) atoms. The molecule has 8 heteroatoms. The summed E-state index contributed by atoms with van der Waals surface area (Å²) < 4.78 is 0. The molecule has 0 saturated heterocycles. The maximum absolute atomic E-state index is 12.6. The highest BCUT2D eigenvalue weighted by Crippen LogP contribution is 2.40. The summed E-state index contributed by atoms with van der Waals surface area (Å²) in [4.78, 5) is 28.8. The Balaban J connectivity index is 1.53. The van der Waals surface area contributed by atoms with Gasteiger partial charge in [0.2, 0.25) is 0 Å². The summed E-state index contributed by atoms with van der Waals surface area (Å²) in [5, 5.41) is 6.80. The number of hydrogen-bond acceptors (Lipinski definition) is 4. The van der Waals surface area contributed by atoms with Crippen LogP contribution in [0.4, 0.5) is 15.5 Å². The SMILES string of the molecule is CCC[C@@H]1Cc2sc(NC(=O)Nc3ccc(Cl)cc3)c(C(N)=O)c2CN1CC1CCCCC1. The molecule has 3 amide bonds. The number of hydrogen-bond donors (Lipinski definition) is 3. The minimum atomic E-state index is -0.485. The number of nitrogens with zero attached hydrogens (tertiary/aromatic N) is 1. The summed E-state index contributed by atoms with van der Waals surface area (Å²) >= 11 is 7.41. The zero-order valence-electron chi connectivity index (χ0n) is 19.2. The number of nitrogens with one attached hydrogen (secondary N) is 2. The van der Waals surface area contributed by atoms with Crippen molar-refractivity contribution in [2.75, 3.05) is 17.2 Å². The van der Waals surface area contributed by atoms with Crippen molar-refractivity contribution in [3.05, 3.63) is 45.3 Å². The molecule has 0 spiro atoms. The number of carbonyl (C=O) groups is 2. The molecule has 178 valence electrons. The van der Waals surface area contributed by atoms with E-state index in [-0.39, 0.29) is 0 Å². The van der Waals surface area contributed by atoms with Crippen molar-refractivity contribution in [2.24, 2.45) is 11.7 Å². The lowest BCUT2D eigenvalue weighted by Crippen LogP contribution is -2.43. The molecule has 1 aromatic heterocycles. The van der Waals surface area contributed by atoms with E-state index in [9.17, 15) is 9.59 Å². The number of thiophene rings is 1. The summed E-state index contributed by atoms with van der Waals surface area (Å²) in [5.74, 6) is 0.249. The predicted molar refractivity (Wildman–Crippen MR) is 136 cm³/mol. The summed E-state index contributed by atoms with van der Waals surface area (Å²) in [6.07, 6.45) is 9.76. The minimum absolute atomic E-state index is 0.400. The molecule has 1 fully saturated rings. The van der Waals surface area contributed by atoms with Gasteiger partial charge < -0.3 is 11.1 Å². The number of amides is 3. The van der Waals surface area contributed by atoms with Gasteiger partial charge in [0.15, 0.2) is 0 Å². The fraction of sp³-hybridized carbons (Fsp3) is 0.520. The largest absolute Gasteiger partial charge is 0.365 e. The molecule has 4 rings (SSSR count). The van der Waals surface area contributed by atoms with Gasteiger partial charge in [0.05, 0.1) is 5.56 Å². The standard InChI is InChI=1S/C25H33ClN4O2S/c1-2-6-19-13-21-20(15-30(19)14-16-7-4-3-5-8-16)22(23(27)31)24(33-21)29-25(32)28-18-11-9-17(26)10-12-18/h9-12,16,19H,2-8,13-15H2,1H3,(H2,27,31)(H2,28,29,32)/t19-/m1/s1. The number of rotatable bonds is 7. The molecular formula is C25H33ClN4O2S. The van der Waals surface area contributed by atoms with Crippen LogP contribution in [0.15, 0.2) is 24.3 Å². The molecule has 4 N–H and O–H groups in total. The Morgan fingerprint density at radius 2 is 1.88 bits per heavy atom. The fourth-order valence-corrected chi connectivity index (χ4v) is 6.61. The molecular weight excluding hydrogens is 456 g/mol. The van der Waals surface area contributed by atoms with Crippen LogP contribution in [-0.2, 0) is 13.0 Å². The summed E-state index contributed by atoms with van der Waals surface area (Å²) in [6, 6.07) is 6.96. The van der Waals surface area contributed by atoms with Gasteiger partial charge in [0, 0.05) is 34.7 Å². The van der Waals surface area contributed by atoms with Gasteiger partial charge in [-0.05, 0) is 61.4 Å². The van der Waals surface area contributed by atoms with Gasteiger partial charge in [-0.15, -0.1) is 11.3 Å². The van der Waals surface area contributed by atoms with Gasteiger partial charge >= 0.3 is 6.03 Å². The first-order chi connectivity index (χ1) is 15.9. The van der Waals surface area contributed by atoms with Gasteiger partial charge in [0.1, 0.15) is 5.00 Å². The second-order valence-corrected chi connectivity index (χ2v) is 10.8. The maximum Gasteiger partial charge on any atom is 0.324 e. The van der Waals surface area contributed by atoms with Crippen molar-refractivity contribution < 1.29 is 9.59 Å². The van der Waals surface area contributed by atoms with E-state index in [4.69, 9.17) is 17.3 Å². The van der Waals surface area contributed by atoms with E-state index in [0.717, 1.165) is 43.8 Å². The Labute approximate surface area is 204 Å². The van der Waals surface area contributed by atoms with Gasteiger partial charge in [-0.2, -0.15) is 0 Å². The van der Waals surface area contributed by atoms with Crippen molar-refractivity contribution in [2.45, 2.75) is 70.9 Å². The van der Waals surface area contributed by atoms with Gasteiger partial charge in [-0.3, -0.25) is 15.0 Å². The number of fused-ring (bicyclic) bond motifs is 1. The fourth-order valence-electron chi connectivity index (χ4n) is 5.20. The van der Waals surface area contributed by atoms with E-state index in [1.807, 2.05) is 0 Å². The van der Waals surface area contributed by atoms with E-state index in [1.165, 1.54) is 48.3 Å². The monoisotopic (exact) mass is 488 g/mol. The van der Waals surface area contributed by atoms with Crippen LogP contribution in [0.5, 0.6) is 0 Å². The normalized spacial score (nSPS) is 19.2. The summed E-state index contributed by atoms with van der Waals surface area (Å²) in [6.45, 7) is 4.04. The lowest BCUT2D eigenvalue weighted by atomic mass is 9.87. The van der Waals surface area contributed by atoms with Crippen molar-refractivity contribution in [3.8, 4) is 0 Å². The highest BCUT2D eigenvalue weighted by Gasteiger charge is 2.33. The minimum Gasteiger partial charge on any atom is -0.365 e. The highest BCUT2D eigenvalue weighted by molar-refractivity contribution is 7.17. The number of primary amides is 1. The molecule has 2 aliphatic rings. The predicted octanol–water partition coefficient (Wildman–Crippen LogP) is 6.25. The molecule has 1 saturated carbocycles. The Hall–Kier alpha value is -2.09. The maximum atomic E-state index is 12.6. The van der Waals surface area contributed by atoms with Crippen molar-refractivity contribution in [1.82, 2.24) is 4.90 Å². The number of carbonyl (C=O) groups excluding carboxylic acids is 2. The highest BCUT2D eigenvalue weighted by atomic mass is 35.5. The second-order valence-electron chi connectivity index (χ2n) is 9.24. The topological polar surface area (TPSA) is 87.5 Å². The molecule has 0 radical (unpaired) electrons. The molecule has 6 nitrogen and oxygen atoms in total. The van der Waals surface area contributed by atoms with E-state index in [2.05, 4.69) is 22.5 Å².